The minimum absolute atomic E-state index is 0.0334. The predicted molar refractivity (Wildman–Crippen MR) is 115 cm³/mol. The number of nitrogens with zero attached hydrogens (tertiary/aromatic N) is 2. The van der Waals surface area contributed by atoms with Gasteiger partial charge < -0.3 is 9.15 Å². The van der Waals surface area contributed by atoms with Crippen LogP contribution in [0.1, 0.15) is 11.3 Å². The Balaban J connectivity index is 1.55. The van der Waals surface area contributed by atoms with Crippen molar-refractivity contribution in [2.24, 2.45) is 0 Å². The van der Waals surface area contributed by atoms with Crippen molar-refractivity contribution in [3.63, 3.8) is 0 Å². The number of thioether (sulfide) groups is 1. The number of hydrogen-bond acceptors (Lipinski definition) is 7. The van der Waals surface area contributed by atoms with Gasteiger partial charge in [-0.1, -0.05) is 12.1 Å². The number of nitro benzene ring substituents is 1. The standard InChI is InChI=1S/C22H15FN2O6S/c1-30-19-10-15(25(28)29)6-8-17(19)18-9-7-16(31-18)11-20-21(26)24(22(27)32-20)12-13-2-4-14(23)5-3-13/h2-11H,12H2,1H3/b20-11+. The molecule has 1 aliphatic rings. The lowest BCUT2D eigenvalue weighted by atomic mass is 10.1. The van der Waals surface area contributed by atoms with Gasteiger partial charge in [-0.25, -0.2) is 4.39 Å². The van der Waals surface area contributed by atoms with E-state index in [-0.39, 0.29) is 22.9 Å². The molecule has 0 spiro atoms. The van der Waals surface area contributed by atoms with E-state index in [1.54, 1.807) is 12.1 Å². The summed E-state index contributed by atoms with van der Waals surface area (Å²) in [5, 5.41) is 10.5. The number of carbonyl (C=O) groups is 2. The first-order valence-corrected chi connectivity index (χ1v) is 10.1. The monoisotopic (exact) mass is 454 g/mol. The van der Waals surface area contributed by atoms with Gasteiger partial charge in [0, 0.05) is 12.1 Å². The largest absolute Gasteiger partial charge is 0.496 e. The van der Waals surface area contributed by atoms with Crippen LogP contribution in [-0.2, 0) is 11.3 Å². The lowest BCUT2D eigenvalue weighted by molar-refractivity contribution is -0.384. The zero-order valence-corrected chi connectivity index (χ0v) is 17.4. The van der Waals surface area contributed by atoms with E-state index in [1.165, 1.54) is 55.7 Å². The number of ether oxygens (including phenoxy) is 1. The number of methoxy groups -OCH3 is 1. The smallest absolute Gasteiger partial charge is 0.293 e. The highest BCUT2D eigenvalue weighted by Gasteiger charge is 2.35. The first-order valence-electron chi connectivity index (χ1n) is 9.28. The zero-order chi connectivity index (χ0) is 22.8. The maximum Gasteiger partial charge on any atom is 0.293 e. The minimum atomic E-state index is -0.526. The van der Waals surface area contributed by atoms with E-state index in [0.717, 1.165) is 16.7 Å². The molecule has 32 heavy (non-hydrogen) atoms. The van der Waals surface area contributed by atoms with Gasteiger partial charge in [-0.15, -0.1) is 0 Å². The lowest BCUT2D eigenvalue weighted by Crippen LogP contribution is -2.27. The van der Waals surface area contributed by atoms with E-state index in [9.17, 15) is 24.1 Å². The SMILES string of the molecule is COc1cc([N+](=O)[O-])ccc1-c1ccc(/C=C2/SC(=O)N(Cc3ccc(F)cc3)C2=O)o1. The molecule has 1 aliphatic heterocycles. The predicted octanol–water partition coefficient (Wildman–Crippen LogP) is 5.24. The van der Waals surface area contributed by atoms with E-state index >= 15 is 0 Å². The van der Waals surface area contributed by atoms with E-state index in [2.05, 4.69) is 0 Å². The average molecular weight is 454 g/mol. The van der Waals surface area contributed by atoms with Crippen molar-refractivity contribution < 1.29 is 28.1 Å². The molecule has 2 heterocycles. The fraction of sp³-hybridized carbons (Fsp3) is 0.0909. The van der Waals surface area contributed by atoms with Crippen LogP contribution in [0.15, 0.2) is 63.9 Å². The van der Waals surface area contributed by atoms with Crippen molar-refractivity contribution in [2.75, 3.05) is 7.11 Å². The molecule has 3 aromatic rings. The molecule has 10 heteroatoms. The molecule has 0 N–H and O–H groups in total. The number of furan rings is 1. The molecule has 0 aliphatic carbocycles. The highest BCUT2D eigenvalue weighted by molar-refractivity contribution is 8.18. The van der Waals surface area contributed by atoms with Crippen molar-refractivity contribution in [1.82, 2.24) is 4.90 Å². The summed E-state index contributed by atoms with van der Waals surface area (Å²) in [7, 11) is 1.39. The molecule has 162 valence electrons. The Morgan fingerprint density at radius 1 is 1.16 bits per heavy atom. The molecule has 1 saturated heterocycles. The molecule has 4 rings (SSSR count). The maximum absolute atomic E-state index is 13.1. The summed E-state index contributed by atoms with van der Waals surface area (Å²) in [6.07, 6.45) is 1.46. The first-order chi connectivity index (χ1) is 15.4. The number of amides is 2. The van der Waals surface area contributed by atoms with Gasteiger partial charge in [0.25, 0.3) is 16.8 Å². The average Bonchev–Trinajstić information content (AvgIpc) is 3.34. The van der Waals surface area contributed by atoms with Crippen molar-refractivity contribution >= 4 is 34.7 Å². The summed E-state index contributed by atoms with van der Waals surface area (Å²) < 4.78 is 24.1. The summed E-state index contributed by atoms with van der Waals surface area (Å²) >= 11 is 0.782. The van der Waals surface area contributed by atoms with Crippen LogP contribution in [0.2, 0.25) is 0 Å². The Kier molecular flexibility index (Phi) is 5.78. The third-order valence-electron chi connectivity index (χ3n) is 4.69. The Labute approximate surface area is 185 Å². The number of carbonyl (C=O) groups excluding carboxylic acids is 2. The topological polar surface area (TPSA) is 103 Å². The highest BCUT2D eigenvalue weighted by Crippen LogP contribution is 2.37. The maximum atomic E-state index is 13.1. The Hall–Kier alpha value is -3.92. The third kappa shape index (κ3) is 4.26. The second kappa shape index (κ2) is 8.67. The van der Waals surface area contributed by atoms with E-state index in [4.69, 9.17) is 9.15 Å². The van der Waals surface area contributed by atoms with E-state index in [1.807, 2.05) is 0 Å². The molecule has 0 bridgehead atoms. The fourth-order valence-electron chi connectivity index (χ4n) is 3.11. The second-order valence-corrected chi connectivity index (χ2v) is 7.73. The van der Waals surface area contributed by atoms with Crippen molar-refractivity contribution in [3.8, 4) is 17.1 Å². The second-order valence-electron chi connectivity index (χ2n) is 6.74. The quantitative estimate of drug-likeness (QED) is 0.285. The summed E-state index contributed by atoms with van der Waals surface area (Å²) in [5.74, 6) is 0.0946. The van der Waals surface area contributed by atoms with Gasteiger partial charge in [-0.05, 0) is 47.7 Å². The van der Waals surface area contributed by atoms with E-state index < -0.39 is 21.9 Å². The summed E-state index contributed by atoms with van der Waals surface area (Å²) in [6.45, 7) is 0.0334. The van der Waals surface area contributed by atoms with Gasteiger partial charge in [-0.3, -0.25) is 24.6 Å². The third-order valence-corrected chi connectivity index (χ3v) is 5.60. The number of nitro groups is 1. The highest BCUT2D eigenvalue weighted by atomic mass is 32.2. The van der Waals surface area contributed by atoms with Crippen molar-refractivity contribution in [1.29, 1.82) is 0 Å². The van der Waals surface area contributed by atoms with Crippen LogP contribution in [-0.4, -0.2) is 28.1 Å². The molecule has 1 fully saturated rings. The summed E-state index contributed by atoms with van der Waals surface area (Å²) in [4.78, 5) is 36.7. The van der Waals surface area contributed by atoms with Gasteiger partial charge in [-0.2, -0.15) is 0 Å². The Morgan fingerprint density at radius 2 is 1.91 bits per heavy atom. The fourth-order valence-corrected chi connectivity index (χ4v) is 3.93. The van der Waals surface area contributed by atoms with Gasteiger partial charge in [0.2, 0.25) is 0 Å². The van der Waals surface area contributed by atoms with Gasteiger partial charge in [0.1, 0.15) is 23.1 Å². The molecule has 0 saturated carbocycles. The Morgan fingerprint density at radius 3 is 2.59 bits per heavy atom. The lowest BCUT2D eigenvalue weighted by Gasteiger charge is -2.12. The van der Waals surface area contributed by atoms with Crippen LogP contribution in [0, 0.1) is 15.9 Å². The summed E-state index contributed by atoms with van der Waals surface area (Å²) in [6, 6.07) is 12.9. The number of non-ortho nitro benzene ring substituents is 1. The van der Waals surface area contributed by atoms with Crippen molar-refractivity contribution in [2.45, 2.75) is 6.54 Å². The number of benzene rings is 2. The molecule has 0 unspecified atom stereocenters. The van der Waals surface area contributed by atoms with Crippen LogP contribution in [0.5, 0.6) is 5.75 Å². The molecule has 0 radical (unpaired) electrons. The Bertz CT molecular complexity index is 1250. The number of rotatable bonds is 6. The summed E-state index contributed by atoms with van der Waals surface area (Å²) in [5.41, 5.74) is 1.01. The van der Waals surface area contributed by atoms with Gasteiger partial charge >= 0.3 is 0 Å². The van der Waals surface area contributed by atoms with Gasteiger partial charge in [0.05, 0.1) is 35.1 Å². The van der Waals surface area contributed by atoms with Crippen LogP contribution in [0.25, 0.3) is 17.4 Å². The minimum Gasteiger partial charge on any atom is -0.496 e. The molecular weight excluding hydrogens is 439 g/mol. The van der Waals surface area contributed by atoms with Crippen LogP contribution < -0.4 is 4.74 Å². The molecule has 8 nitrogen and oxygen atoms in total. The number of imide groups is 1. The number of hydrogen-bond donors (Lipinski definition) is 0. The molecule has 1 aromatic heterocycles. The molecule has 2 aromatic carbocycles. The first kappa shape index (κ1) is 21.3. The normalized spacial score (nSPS) is 14.9. The number of halogens is 1. The van der Waals surface area contributed by atoms with Crippen LogP contribution >= 0.6 is 11.8 Å². The zero-order valence-electron chi connectivity index (χ0n) is 16.6. The van der Waals surface area contributed by atoms with Crippen LogP contribution in [0.3, 0.4) is 0 Å². The van der Waals surface area contributed by atoms with Crippen molar-refractivity contribution in [3.05, 3.63) is 86.8 Å². The van der Waals surface area contributed by atoms with Gasteiger partial charge in [0.15, 0.2) is 0 Å². The van der Waals surface area contributed by atoms with E-state index in [0.29, 0.717) is 22.6 Å². The molecular formula is C22H15FN2O6S. The molecule has 2 amide bonds. The molecule has 0 atom stereocenters. The van der Waals surface area contributed by atoms with Crippen LogP contribution in [0.4, 0.5) is 14.9 Å².